The van der Waals surface area contributed by atoms with Crippen LogP contribution in [0.5, 0.6) is 5.75 Å². The van der Waals surface area contributed by atoms with E-state index in [2.05, 4.69) is 36.3 Å². The number of aryl methyl sites for hydroxylation is 1. The van der Waals surface area contributed by atoms with Gasteiger partial charge >= 0.3 is 0 Å². The van der Waals surface area contributed by atoms with Gasteiger partial charge in [0.15, 0.2) is 0 Å². The van der Waals surface area contributed by atoms with Crippen LogP contribution in [0.2, 0.25) is 0 Å². The van der Waals surface area contributed by atoms with Gasteiger partial charge < -0.3 is 15.0 Å². The van der Waals surface area contributed by atoms with E-state index in [1.54, 1.807) is 0 Å². The van der Waals surface area contributed by atoms with Crippen LogP contribution in [0.3, 0.4) is 0 Å². The molecule has 1 aromatic carbocycles. The van der Waals surface area contributed by atoms with Gasteiger partial charge in [-0.3, -0.25) is 0 Å². The van der Waals surface area contributed by atoms with Crippen molar-refractivity contribution in [2.75, 3.05) is 39.8 Å². The fourth-order valence-corrected chi connectivity index (χ4v) is 2.52. The second kappa shape index (κ2) is 7.51. The van der Waals surface area contributed by atoms with Crippen LogP contribution in [-0.2, 0) is 0 Å². The van der Waals surface area contributed by atoms with Gasteiger partial charge in [0.05, 0.1) is 0 Å². The third kappa shape index (κ3) is 5.21. The lowest BCUT2D eigenvalue weighted by atomic mass is 9.97. The van der Waals surface area contributed by atoms with Crippen molar-refractivity contribution in [3.8, 4) is 5.75 Å². The number of hydrogen-bond donors (Lipinski definition) is 1. The molecule has 0 radical (unpaired) electrons. The van der Waals surface area contributed by atoms with Gasteiger partial charge in [0, 0.05) is 6.54 Å². The molecule has 1 fully saturated rings. The summed E-state index contributed by atoms with van der Waals surface area (Å²) >= 11 is 0. The highest BCUT2D eigenvalue weighted by Gasteiger charge is 2.15. The Morgan fingerprint density at radius 1 is 1.32 bits per heavy atom. The summed E-state index contributed by atoms with van der Waals surface area (Å²) in [4.78, 5) is 2.41. The van der Waals surface area contributed by atoms with Gasteiger partial charge in [-0.25, -0.2) is 0 Å². The molecule has 19 heavy (non-hydrogen) atoms. The van der Waals surface area contributed by atoms with Gasteiger partial charge in [-0.15, -0.1) is 0 Å². The van der Waals surface area contributed by atoms with Crippen molar-refractivity contribution in [2.24, 2.45) is 5.92 Å². The van der Waals surface area contributed by atoms with Crippen molar-refractivity contribution in [2.45, 2.75) is 19.8 Å². The molecule has 0 bridgehead atoms. The molecule has 0 amide bonds. The third-order valence-electron chi connectivity index (χ3n) is 3.81. The fraction of sp³-hybridized carbons (Fsp3) is 0.625. The van der Waals surface area contributed by atoms with E-state index in [9.17, 15) is 0 Å². The number of benzene rings is 1. The van der Waals surface area contributed by atoms with Crippen LogP contribution in [0.1, 0.15) is 18.4 Å². The topological polar surface area (TPSA) is 24.5 Å². The summed E-state index contributed by atoms with van der Waals surface area (Å²) in [5.74, 6) is 1.82. The van der Waals surface area contributed by atoms with Crippen LogP contribution in [0, 0.1) is 12.8 Å². The molecule has 0 aromatic heterocycles. The molecule has 1 heterocycles. The van der Waals surface area contributed by atoms with Crippen LogP contribution in [0.25, 0.3) is 0 Å². The molecule has 3 nitrogen and oxygen atoms in total. The van der Waals surface area contributed by atoms with Gasteiger partial charge in [-0.05, 0) is 70.1 Å². The second-order valence-electron chi connectivity index (χ2n) is 5.62. The summed E-state index contributed by atoms with van der Waals surface area (Å²) in [5.41, 5.74) is 1.25. The number of ether oxygens (including phenoxy) is 1. The molecule has 1 N–H and O–H groups in total. The maximum Gasteiger partial charge on any atom is 0.119 e. The summed E-state index contributed by atoms with van der Waals surface area (Å²) in [6.07, 6.45) is 2.64. The zero-order valence-corrected chi connectivity index (χ0v) is 12.2. The zero-order chi connectivity index (χ0) is 13.5. The van der Waals surface area contributed by atoms with Crippen LogP contribution in [-0.4, -0.2) is 44.7 Å². The molecule has 0 saturated carbocycles. The standard InChI is InChI=1S/C16H26N2O/c1-14-4-3-5-16(12-14)19-11-8-17-13-15-6-9-18(2)10-7-15/h3-5,12,15,17H,6-11,13H2,1-2H3. The number of nitrogens with zero attached hydrogens (tertiary/aromatic N) is 1. The van der Waals surface area contributed by atoms with E-state index in [0.717, 1.165) is 31.4 Å². The molecule has 0 atom stereocenters. The van der Waals surface area contributed by atoms with E-state index < -0.39 is 0 Å². The lowest BCUT2D eigenvalue weighted by Gasteiger charge is -2.29. The van der Waals surface area contributed by atoms with Crippen molar-refractivity contribution in [3.05, 3.63) is 29.8 Å². The Balaban J connectivity index is 1.55. The predicted octanol–water partition coefficient (Wildman–Crippen LogP) is 2.31. The van der Waals surface area contributed by atoms with Crippen LogP contribution < -0.4 is 10.1 Å². The van der Waals surface area contributed by atoms with Gasteiger partial charge in [0.2, 0.25) is 0 Å². The zero-order valence-electron chi connectivity index (χ0n) is 12.2. The van der Waals surface area contributed by atoms with E-state index in [1.165, 1.54) is 31.5 Å². The Hall–Kier alpha value is -1.06. The highest BCUT2D eigenvalue weighted by atomic mass is 16.5. The summed E-state index contributed by atoms with van der Waals surface area (Å²) in [7, 11) is 2.21. The molecular formula is C16H26N2O. The second-order valence-corrected chi connectivity index (χ2v) is 5.62. The molecule has 2 rings (SSSR count). The van der Waals surface area contributed by atoms with Crippen molar-refractivity contribution >= 4 is 0 Å². The molecule has 106 valence electrons. The predicted molar refractivity (Wildman–Crippen MR) is 79.8 cm³/mol. The van der Waals surface area contributed by atoms with Crippen molar-refractivity contribution in [1.82, 2.24) is 10.2 Å². The maximum absolute atomic E-state index is 5.72. The van der Waals surface area contributed by atoms with Gasteiger partial charge in [-0.1, -0.05) is 12.1 Å². The molecular weight excluding hydrogens is 236 g/mol. The highest BCUT2D eigenvalue weighted by Crippen LogP contribution is 2.14. The average molecular weight is 262 g/mol. The van der Waals surface area contributed by atoms with E-state index in [-0.39, 0.29) is 0 Å². The fourth-order valence-electron chi connectivity index (χ4n) is 2.52. The van der Waals surface area contributed by atoms with Gasteiger partial charge in [0.1, 0.15) is 12.4 Å². The first-order valence-electron chi connectivity index (χ1n) is 7.33. The largest absolute Gasteiger partial charge is 0.492 e. The first-order valence-corrected chi connectivity index (χ1v) is 7.33. The summed E-state index contributed by atoms with van der Waals surface area (Å²) < 4.78 is 5.72. The molecule has 0 spiro atoms. The van der Waals surface area contributed by atoms with E-state index in [0.29, 0.717) is 0 Å². The average Bonchev–Trinajstić information content (AvgIpc) is 2.41. The lowest BCUT2D eigenvalue weighted by molar-refractivity contribution is 0.213. The quantitative estimate of drug-likeness (QED) is 0.796. The minimum Gasteiger partial charge on any atom is -0.492 e. The third-order valence-corrected chi connectivity index (χ3v) is 3.81. The molecule has 1 aliphatic rings. The smallest absolute Gasteiger partial charge is 0.119 e. The van der Waals surface area contributed by atoms with Crippen molar-refractivity contribution < 1.29 is 4.74 Å². The Morgan fingerprint density at radius 2 is 2.11 bits per heavy atom. The summed E-state index contributed by atoms with van der Waals surface area (Å²) in [5, 5.41) is 3.51. The Bertz CT molecular complexity index is 373. The maximum atomic E-state index is 5.72. The van der Waals surface area contributed by atoms with Crippen molar-refractivity contribution in [3.63, 3.8) is 0 Å². The SMILES string of the molecule is Cc1cccc(OCCNCC2CCN(C)CC2)c1. The molecule has 1 saturated heterocycles. The molecule has 0 unspecified atom stereocenters. The molecule has 0 aliphatic carbocycles. The van der Waals surface area contributed by atoms with Crippen LogP contribution in [0.15, 0.2) is 24.3 Å². The van der Waals surface area contributed by atoms with Gasteiger partial charge in [-0.2, -0.15) is 0 Å². The lowest BCUT2D eigenvalue weighted by Crippen LogP contribution is -2.35. The Morgan fingerprint density at radius 3 is 2.84 bits per heavy atom. The number of hydrogen-bond acceptors (Lipinski definition) is 3. The minimum absolute atomic E-state index is 0.746. The monoisotopic (exact) mass is 262 g/mol. The van der Waals surface area contributed by atoms with Crippen LogP contribution in [0.4, 0.5) is 0 Å². The number of likely N-dealkylation sites (tertiary alicyclic amines) is 1. The van der Waals surface area contributed by atoms with Crippen molar-refractivity contribution in [1.29, 1.82) is 0 Å². The molecule has 3 heteroatoms. The molecule has 1 aliphatic heterocycles. The number of piperidine rings is 1. The van der Waals surface area contributed by atoms with E-state index >= 15 is 0 Å². The summed E-state index contributed by atoms with van der Waals surface area (Å²) in [6, 6.07) is 8.22. The molecule has 1 aromatic rings. The van der Waals surface area contributed by atoms with Gasteiger partial charge in [0.25, 0.3) is 0 Å². The van der Waals surface area contributed by atoms with E-state index in [4.69, 9.17) is 4.74 Å². The first-order chi connectivity index (χ1) is 9.24. The number of rotatable bonds is 6. The number of nitrogens with one attached hydrogen (secondary N) is 1. The normalized spacial score (nSPS) is 17.6. The Labute approximate surface area is 116 Å². The highest BCUT2D eigenvalue weighted by molar-refractivity contribution is 5.27. The first kappa shape index (κ1) is 14.4. The minimum atomic E-state index is 0.746. The van der Waals surface area contributed by atoms with Crippen LogP contribution >= 0.6 is 0 Å². The summed E-state index contributed by atoms with van der Waals surface area (Å²) in [6.45, 7) is 7.38. The Kier molecular flexibility index (Phi) is 5.67. The van der Waals surface area contributed by atoms with E-state index in [1.807, 2.05) is 12.1 Å².